The van der Waals surface area contributed by atoms with E-state index in [-0.39, 0.29) is 16.8 Å². The molecule has 0 saturated carbocycles. The maximum absolute atomic E-state index is 11.3. The number of aryl methyl sites for hydroxylation is 1. The Labute approximate surface area is 181 Å². The van der Waals surface area contributed by atoms with Gasteiger partial charge in [0.15, 0.2) is 5.69 Å². The molecular formula is C19H22BrN5O5. The molecule has 2 aromatic carbocycles. The summed E-state index contributed by atoms with van der Waals surface area (Å²) in [5.74, 6) is 0. The van der Waals surface area contributed by atoms with Gasteiger partial charge in [-0.05, 0) is 53.0 Å². The highest BCUT2D eigenvalue weighted by Crippen LogP contribution is 2.40. The van der Waals surface area contributed by atoms with Gasteiger partial charge in [-0.3, -0.25) is 20.2 Å². The van der Waals surface area contributed by atoms with Crippen LogP contribution in [-0.4, -0.2) is 34.6 Å². The number of halogens is 1. The number of rotatable bonds is 10. The van der Waals surface area contributed by atoms with Gasteiger partial charge >= 0.3 is 5.69 Å². The van der Waals surface area contributed by atoms with Crippen molar-refractivity contribution in [2.24, 2.45) is 10.2 Å². The van der Waals surface area contributed by atoms with Gasteiger partial charge in [0.2, 0.25) is 0 Å². The fraction of sp³-hybridized carbons (Fsp3) is 0.368. The number of anilines is 1. The van der Waals surface area contributed by atoms with E-state index < -0.39 is 21.2 Å². The molecule has 0 unspecified atom stereocenters. The van der Waals surface area contributed by atoms with Crippen LogP contribution >= 0.6 is 15.9 Å². The van der Waals surface area contributed by atoms with Crippen LogP contribution in [0.15, 0.2) is 45.0 Å². The van der Waals surface area contributed by atoms with Crippen molar-refractivity contribution < 1.29 is 15.0 Å². The fourth-order valence-corrected chi connectivity index (χ4v) is 3.32. The summed E-state index contributed by atoms with van der Waals surface area (Å²) in [4.78, 5) is 22.9. The number of nitrogens with zero attached hydrogens (tertiary/aromatic N) is 5. The zero-order chi connectivity index (χ0) is 22.3. The number of unbranched alkanes of at least 4 members (excludes halogenated alkanes) is 1. The summed E-state index contributed by atoms with van der Waals surface area (Å²) in [6.45, 7) is 5.32. The Kier molecular flexibility index (Phi) is 8.36. The Hall–Kier alpha value is -2.92. The van der Waals surface area contributed by atoms with Crippen molar-refractivity contribution in [3.8, 4) is 0 Å². The van der Waals surface area contributed by atoms with Crippen molar-refractivity contribution in [3.63, 3.8) is 0 Å². The van der Waals surface area contributed by atoms with Gasteiger partial charge in [0, 0.05) is 24.8 Å². The molecule has 30 heavy (non-hydrogen) atoms. The van der Waals surface area contributed by atoms with Gasteiger partial charge in [0.05, 0.1) is 32.7 Å². The predicted octanol–water partition coefficient (Wildman–Crippen LogP) is 5.59. The van der Waals surface area contributed by atoms with E-state index in [2.05, 4.69) is 38.0 Å². The maximum Gasteiger partial charge on any atom is 0.304 e. The summed E-state index contributed by atoms with van der Waals surface area (Å²) in [7, 11) is 0. The highest BCUT2D eigenvalue weighted by atomic mass is 79.9. The number of non-ortho nitro benzene ring substituents is 1. The average molecular weight is 480 g/mol. The summed E-state index contributed by atoms with van der Waals surface area (Å²) in [5.41, 5.74) is 1.23. The molecule has 0 aromatic heterocycles. The number of aliphatic hydroxyl groups excluding tert-OH is 1. The standard InChI is InChI=1S/C19H22BrN5O5/c1-3-4-7-23(8-9-26)14-5-6-17(13(2)10-14)21-22-19-16(20)11-15(24(27)28)12-18(19)25(29)30/h5-6,10-12,26H,3-4,7-9H2,1-2H3. The molecule has 0 aliphatic heterocycles. The zero-order valence-electron chi connectivity index (χ0n) is 16.6. The molecule has 0 bridgehead atoms. The number of aliphatic hydroxyl groups is 1. The molecule has 11 heteroatoms. The maximum atomic E-state index is 11.3. The summed E-state index contributed by atoms with van der Waals surface area (Å²) >= 11 is 3.11. The Bertz CT molecular complexity index is 967. The van der Waals surface area contributed by atoms with Crippen molar-refractivity contribution in [2.45, 2.75) is 26.7 Å². The highest BCUT2D eigenvalue weighted by Gasteiger charge is 2.23. The van der Waals surface area contributed by atoms with E-state index in [1.807, 2.05) is 19.1 Å². The van der Waals surface area contributed by atoms with E-state index in [4.69, 9.17) is 0 Å². The second-order valence-electron chi connectivity index (χ2n) is 6.54. The highest BCUT2D eigenvalue weighted by molar-refractivity contribution is 9.10. The first kappa shape index (κ1) is 23.4. The van der Waals surface area contributed by atoms with Gasteiger partial charge in [-0.2, -0.15) is 0 Å². The molecule has 10 nitrogen and oxygen atoms in total. The number of azo groups is 1. The number of nitro benzene ring substituents is 2. The Balaban J connectivity index is 2.36. The second kappa shape index (κ2) is 10.7. The predicted molar refractivity (Wildman–Crippen MR) is 117 cm³/mol. The minimum Gasteiger partial charge on any atom is -0.395 e. The molecule has 2 aromatic rings. The smallest absolute Gasteiger partial charge is 0.304 e. The molecule has 0 aliphatic rings. The first-order valence-electron chi connectivity index (χ1n) is 9.29. The summed E-state index contributed by atoms with van der Waals surface area (Å²) < 4.78 is 0.107. The van der Waals surface area contributed by atoms with Gasteiger partial charge < -0.3 is 10.0 Å². The van der Waals surface area contributed by atoms with Gasteiger partial charge in [0.1, 0.15) is 0 Å². The molecule has 2 rings (SSSR count). The van der Waals surface area contributed by atoms with E-state index in [9.17, 15) is 25.3 Å². The summed E-state index contributed by atoms with van der Waals surface area (Å²) in [5, 5.41) is 39.7. The van der Waals surface area contributed by atoms with E-state index in [0.29, 0.717) is 12.2 Å². The molecule has 0 spiro atoms. The van der Waals surface area contributed by atoms with Crippen molar-refractivity contribution in [1.29, 1.82) is 0 Å². The lowest BCUT2D eigenvalue weighted by Crippen LogP contribution is -2.27. The zero-order valence-corrected chi connectivity index (χ0v) is 18.2. The third-order valence-electron chi connectivity index (χ3n) is 4.39. The topological polar surface area (TPSA) is 134 Å². The first-order chi connectivity index (χ1) is 14.3. The number of hydrogen-bond acceptors (Lipinski definition) is 8. The Morgan fingerprint density at radius 2 is 1.83 bits per heavy atom. The molecule has 0 saturated heterocycles. The molecular weight excluding hydrogens is 458 g/mol. The van der Waals surface area contributed by atoms with E-state index >= 15 is 0 Å². The number of benzene rings is 2. The normalized spacial score (nSPS) is 11.1. The van der Waals surface area contributed by atoms with Gasteiger partial charge in [0.25, 0.3) is 5.69 Å². The minimum atomic E-state index is -0.734. The second-order valence-corrected chi connectivity index (χ2v) is 7.40. The monoisotopic (exact) mass is 479 g/mol. The van der Waals surface area contributed by atoms with Gasteiger partial charge in [-0.25, -0.2) is 0 Å². The summed E-state index contributed by atoms with van der Waals surface area (Å²) in [6, 6.07) is 7.52. The molecule has 0 radical (unpaired) electrons. The largest absolute Gasteiger partial charge is 0.395 e. The lowest BCUT2D eigenvalue weighted by Gasteiger charge is -2.24. The molecule has 0 heterocycles. The molecule has 0 fully saturated rings. The van der Waals surface area contributed by atoms with Crippen LogP contribution in [-0.2, 0) is 0 Å². The van der Waals surface area contributed by atoms with E-state index in [1.165, 1.54) is 0 Å². The van der Waals surface area contributed by atoms with Crippen LogP contribution in [0.5, 0.6) is 0 Å². The molecule has 160 valence electrons. The minimum absolute atomic E-state index is 0.0437. The van der Waals surface area contributed by atoms with E-state index in [1.54, 1.807) is 6.07 Å². The van der Waals surface area contributed by atoms with Crippen molar-refractivity contribution in [3.05, 3.63) is 60.6 Å². The molecule has 0 amide bonds. The average Bonchev–Trinajstić information content (AvgIpc) is 2.70. The molecule has 0 aliphatic carbocycles. The van der Waals surface area contributed by atoms with Crippen molar-refractivity contribution in [2.75, 3.05) is 24.6 Å². The molecule has 1 N–H and O–H groups in total. The van der Waals surface area contributed by atoms with Crippen LogP contribution in [0.4, 0.5) is 28.4 Å². The van der Waals surface area contributed by atoms with Crippen LogP contribution in [0.1, 0.15) is 25.3 Å². The first-order valence-corrected chi connectivity index (χ1v) is 10.1. The lowest BCUT2D eigenvalue weighted by molar-refractivity contribution is -0.393. The van der Waals surface area contributed by atoms with Gasteiger partial charge in [-0.1, -0.05) is 13.3 Å². The summed E-state index contributed by atoms with van der Waals surface area (Å²) in [6.07, 6.45) is 2.04. The third kappa shape index (κ3) is 5.80. The van der Waals surface area contributed by atoms with E-state index in [0.717, 1.165) is 42.8 Å². The van der Waals surface area contributed by atoms with Crippen molar-refractivity contribution >= 4 is 44.4 Å². The SMILES string of the molecule is CCCCN(CCO)c1ccc(N=Nc2c(Br)cc([N+](=O)[O-])cc2[N+](=O)[O-])c(C)c1. The lowest BCUT2D eigenvalue weighted by atomic mass is 10.1. The van der Waals surface area contributed by atoms with Crippen molar-refractivity contribution in [1.82, 2.24) is 0 Å². The fourth-order valence-electron chi connectivity index (χ4n) is 2.81. The van der Waals surface area contributed by atoms with Crippen LogP contribution in [0, 0.1) is 27.2 Å². The quantitative estimate of drug-likeness (QED) is 0.268. The Morgan fingerprint density at radius 3 is 2.40 bits per heavy atom. The number of nitro groups is 2. The Morgan fingerprint density at radius 1 is 1.10 bits per heavy atom. The van der Waals surface area contributed by atoms with Crippen LogP contribution in [0.3, 0.4) is 0 Å². The van der Waals surface area contributed by atoms with Crippen LogP contribution < -0.4 is 4.90 Å². The van der Waals surface area contributed by atoms with Crippen LogP contribution in [0.25, 0.3) is 0 Å². The van der Waals surface area contributed by atoms with Gasteiger partial charge in [-0.15, -0.1) is 10.2 Å². The van der Waals surface area contributed by atoms with Crippen LogP contribution in [0.2, 0.25) is 0 Å². The number of hydrogen-bond donors (Lipinski definition) is 1. The molecule has 0 atom stereocenters. The third-order valence-corrected chi connectivity index (χ3v) is 4.99.